The van der Waals surface area contributed by atoms with Gasteiger partial charge in [0.15, 0.2) is 0 Å². The van der Waals surface area contributed by atoms with Crippen LogP contribution in [0.3, 0.4) is 0 Å². The number of carboxylic acids is 1. The molecule has 5 rings (SSSR count). The summed E-state index contributed by atoms with van der Waals surface area (Å²) in [7, 11) is 0. The van der Waals surface area contributed by atoms with E-state index in [4.69, 9.17) is 5.11 Å². The Bertz CT molecular complexity index is 475. The Morgan fingerprint density at radius 3 is 2.11 bits per heavy atom. The molecule has 2 amide bonds. The molecule has 6 atom stereocenters. The zero-order chi connectivity index (χ0) is 12.6. The van der Waals surface area contributed by atoms with E-state index < -0.39 is 12.5 Å². The predicted molar refractivity (Wildman–Crippen MR) is 59.1 cm³/mol. The normalized spacial score (nSPS) is 47.2. The van der Waals surface area contributed by atoms with Crippen LogP contribution < -0.4 is 0 Å². The maximum atomic E-state index is 12.2. The van der Waals surface area contributed by atoms with E-state index in [1.165, 1.54) is 0 Å². The first-order valence-electron chi connectivity index (χ1n) is 6.35. The van der Waals surface area contributed by atoms with Crippen LogP contribution in [0.4, 0.5) is 0 Å². The predicted octanol–water partition coefficient (Wildman–Crippen LogP) is 0.124. The summed E-state index contributed by atoms with van der Waals surface area (Å²) in [5.74, 6) is -0.771. The van der Waals surface area contributed by atoms with Gasteiger partial charge >= 0.3 is 5.97 Å². The molecule has 1 aliphatic heterocycles. The molecule has 0 aromatic carbocycles. The van der Waals surface area contributed by atoms with Gasteiger partial charge in [0.2, 0.25) is 11.8 Å². The number of allylic oxidation sites excluding steroid dienone is 2. The van der Waals surface area contributed by atoms with Crippen molar-refractivity contribution in [3.8, 4) is 0 Å². The Balaban J connectivity index is 1.72. The first-order valence-corrected chi connectivity index (χ1v) is 6.35. The van der Waals surface area contributed by atoms with Gasteiger partial charge in [0.1, 0.15) is 6.54 Å². The van der Waals surface area contributed by atoms with Crippen molar-refractivity contribution in [2.24, 2.45) is 35.5 Å². The third-order valence-corrected chi connectivity index (χ3v) is 5.05. The van der Waals surface area contributed by atoms with Crippen LogP contribution in [0.25, 0.3) is 0 Å². The van der Waals surface area contributed by atoms with Crippen molar-refractivity contribution in [1.29, 1.82) is 0 Å². The molecular weight excluding hydrogens is 234 g/mol. The summed E-state index contributed by atoms with van der Waals surface area (Å²) in [4.78, 5) is 36.2. The smallest absolute Gasteiger partial charge is 0.323 e. The number of likely N-dealkylation sites (tertiary alicyclic amines) is 1. The number of carboxylic acid groups (broad SMARTS) is 1. The van der Waals surface area contributed by atoms with E-state index in [1.54, 1.807) is 0 Å². The van der Waals surface area contributed by atoms with Crippen LogP contribution in [0.15, 0.2) is 12.2 Å². The van der Waals surface area contributed by atoms with Gasteiger partial charge in [0.05, 0.1) is 11.8 Å². The molecule has 0 radical (unpaired) electrons. The summed E-state index contributed by atoms with van der Waals surface area (Å²) in [6.07, 6.45) is 5.28. The van der Waals surface area contributed by atoms with Crippen LogP contribution in [0.1, 0.15) is 6.42 Å². The quantitative estimate of drug-likeness (QED) is 0.555. The third-order valence-electron chi connectivity index (χ3n) is 5.05. The highest BCUT2D eigenvalue weighted by Crippen LogP contribution is 2.65. The fourth-order valence-electron chi connectivity index (χ4n) is 4.31. The zero-order valence-corrected chi connectivity index (χ0v) is 9.65. The number of amides is 2. The second kappa shape index (κ2) is 3.02. The fourth-order valence-corrected chi connectivity index (χ4v) is 4.31. The minimum atomic E-state index is -1.12. The fraction of sp³-hybridized carbons (Fsp3) is 0.615. The molecule has 18 heavy (non-hydrogen) atoms. The second-order valence-electron chi connectivity index (χ2n) is 5.81. The molecule has 5 nitrogen and oxygen atoms in total. The third kappa shape index (κ3) is 1.05. The molecule has 1 heterocycles. The average molecular weight is 247 g/mol. The van der Waals surface area contributed by atoms with Gasteiger partial charge < -0.3 is 5.11 Å². The number of rotatable bonds is 2. The van der Waals surface area contributed by atoms with E-state index in [0.717, 1.165) is 11.3 Å². The molecular formula is C13H13NO4. The Morgan fingerprint density at radius 1 is 1.17 bits per heavy atom. The van der Waals surface area contributed by atoms with Crippen molar-refractivity contribution in [1.82, 2.24) is 4.90 Å². The number of aliphatic carboxylic acids is 1. The highest BCUT2D eigenvalue weighted by molar-refractivity contribution is 6.07. The lowest BCUT2D eigenvalue weighted by molar-refractivity contribution is -0.149. The number of carbonyl (C=O) groups excluding carboxylic acids is 2. The molecule has 0 aromatic rings. The largest absolute Gasteiger partial charge is 0.480 e. The number of hydrogen-bond acceptors (Lipinski definition) is 3. The lowest BCUT2D eigenvalue weighted by Crippen LogP contribution is -2.40. The minimum Gasteiger partial charge on any atom is -0.480 e. The molecule has 3 fully saturated rings. The average Bonchev–Trinajstić information content (AvgIpc) is 3.11. The van der Waals surface area contributed by atoms with E-state index in [0.29, 0.717) is 11.8 Å². The molecule has 2 bridgehead atoms. The van der Waals surface area contributed by atoms with E-state index in [-0.39, 0.29) is 35.5 Å². The summed E-state index contributed by atoms with van der Waals surface area (Å²) >= 11 is 0. The SMILES string of the molecule is O=C(O)CN1C(=O)[C@@H]2[C@H]3C=C[C@@H]([C@@H]4C[C@H]34)[C@H]2C1=O. The summed E-state index contributed by atoms with van der Waals surface area (Å²) in [6, 6.07) is 0. The molecule has 5 heteroatoms. The monoisotopic (exact) mass is 247 g/mol. The summed E-state index contributed by atoms with van der Waals surface area (Å²) in [5.41, 5.74) is 0. The van der Waals surface area contributed by atoms with Gasteiger partial charge in [0.25, 0.3) is 0 Å². The summed E-state index contributed by atoms with van der Waals surface area (Å²) in [5, 5.41) is 8.79. The van der Waals surface area contributed by atoms with E-state index in [9.17, 15) is 14.4 Å². The van der Waals surface area contributed by atoms with Crippen molar-refractivity contribution in [3.63, 3.8) is 0 Å². The summed E-state index contributed by atoms with van der Waals surface area (Å²) in [6.45, 7) is -0.487. The van der Waals surface area contributed by atoms with Gasteiger partial charge in [-0.3, -0.25) is 19.3 Å². The highest BCUT2D eigenvalue weighted by Gasteiger charge is 2.67. The molecule has 94 valence electrons. The van der Waals surface area contributed by atoms with Crippen LogP contribution in [0.2, 0.25) is 0 Å². The topological polar surface area (TPSA) is 74.7 Å². The van der Waals surface area contributed by atoms with Crippen molar-refractivity contribution in [2.45, 2.75) is 6.42 Å². The maximum absolute atomic E-state index is 12.2. The van der Waals surface area contributed by atoms with Gasteiger partial charge in [-0.15, -0.1) is 0 Å². The lowest BCUT2D eigenvalue weighted by Gasteiger charge is -2.37. The van der Waals surface area contributed by atoms with Gasteiger partial charge in [0, 0.05) is 0 Å². The van der Waals surface area contributed by atoms with Gasteiger partial charge in [-0.25, -0.2) is 0 Å². The Hall–Kier alpha value is -1.65. The first kappa shape index (κ1) is 10.3. The molecule has 2 saturated carbocycles. The van der Waals surface area contributed by atoms with Crippen LogP contribution in [-0.2, 0) is 14.4 Å². The summed E-state index contributed by atoms with van der Waals surface area (Å²) < 4.78 is 0. The van der Waals surface area contributed by atoms with E-state index in [1.807, 2.05) is 0 Å². The van der Waals surface area contributed by atoms with Crippen LogP contribution in [0.5, 0.6) is 0 Å². The standard InChI is InChI=1S/C13H13NO4/c15-9(16)4-14-12(17)10-5-1-2-6(8-3-7(5)8)11(10)13(14)18/h1-2,5-8,10-11H,3-4H2,(H,15,16)/t5-,6-,7-,8+,10+,11+/m0/s1. The minimum absolute atomic E-state index is 0.167. The highest BCUT2D eigenvalue weighted by atomic mass is 16.4. The van der Waals surface area contributed by atoms with Gasteiger partial charge in [-0.05, 0) is 30.1 Å². The Kier molecular flexibility index (Phi) is 1.73. The van der Waals surface area contributed by atoms with Crippen molar-refractivity contribution >= 4 is 17.8 Å². The molecule has 0 aromatic heterocycles. The maximum Gasteiger partial charge on any atom is 0.323 e. The number of hydrogen-bond donors (Lipinski definition) is 1. The number of nitrogens with zero attached hydrogens (tertiary/aromatic N) is 1. The van der Waals surface area contributed by atoms with E-state index >= 15 is 0 Å². The van der Waals surface area contributed by atoms with Crippen LogP contribution in [0, 0.1) is 35.5 Å². The molecule has 0 spiro atoms. The molecule has 5 aliphatic rings. The Morgan fingerprint density at radius 2 is 1.67 bits per heavy atom. The molecule has 1 saturated heterocycles. The van der Waals surface area contributed by atoms with Gasteiger partial charge in [-0.1, -0.05) is 12.2 Å². The molecule has 0 unspecified atom stereocenters. The first-order chi connectivity index (χ1) is 8.59. The number of imide groups is 1. The van der Waals surface area contributed by atoms with Crippen molar-refractivity contribution in [2.75, 3.05) is 6.54 Å². The lowest BCUT2D eigenvalue weighted by atomic mass is 9.63. The van der Waals surface area contributed by atoms with Crippen molar-refractivity contribution in [3.05, 3.63) is 12.2 Å². The molecule has 4 aliphatic carbocycles. The Labute approximate surface area is 103 Å². The van der Waals surface area contributed by atoms with Crippen molar-refractivity contribution < 1.29 is 19.5 Å². The second-order valence-corrected chi connectivity index (χ2v) is 5.81. The number of carbonyl (C=O) groups is 3. The molecule has 1 N–H and O–H groups in total. The van der Waals surface area contributed by atoms with Crippen LogP contribution in [-0.4, -0.2) is 34.3 Å². The van der Waals surface area contributed by atoms with Crippen LogP contribution >= 0.6 is 0 Å². The zero-order valence-electron chi connectivity index (χ0n) is 9.65. The van der Waals surface area contributed by atoms with E-state index in [2.05, 4.69) is 12.2 Å². The van der Waals surface area contributed by atoms with Gasteiger partial charge in [-0.2, -0.15) is 0 Å².